The number of esters is 1. The van der Waals surface area contributed by atoms with Crippen LogP contribution in [0.25, 0.3) is 0 Å². The van der Waals surface area contributed by atoms with Crippen molar-refractivity contribution in [3.05, 3.63) is 22.9 Å². The Morgan fingerprint density at radius 3 is 2.16 bits per heavy atom. The first kappa shape index (κ1) is 17.8. The molecule has 110 valence electrons. The zero-order valence-corrected chi connectivity index (χ0v) is 13.2. The van der Waals surface area contributed by atoms with Crippen LogP contribution in [0.15, 0.2) is 22.9 Å². The molecule has 0 spiro atoms. The maximum absolute atomic E-state index is 11.8. The molecule has 0 aromatic rings. The molecule has 0 saturated carbocycles. The number of carbonyl (C=O) groups excluding carboxylic acids is 1. The fourth-order valence-corrected chi connectivity index (χ4v) is 1.90. The zero-order chi connectivity index (χ0) is 15.0. The maximum Gasteiger partial charge on any atom is 0.333 e. The minimum absolute atomic E-state index is 0.236. The Labute approximate surface area is 117 Å². The summed E-state index contributed by atoms with van der Waals surface area (Å²) < 4.78 is 5.07. The molecule has 0 heterocycles. The first-order valence-corrected chi connectivity index (χ1v) is 7.19. The van der Waals surface area contributed by atoms with Crippen molar-refractivity contribution in [3.63, 3.8) is 0 Å². The lowest BCUT2D eigenvalue weighted by atomic mass is 9.94. The average Bonchev–Trinajstić information content (AvgIpc) is 2.28. The van der Waals surface area contributed by atoms with Crippen LogP contribution in [0.3, 0.4) is 0 Å². The molecular formula is C16H29NO2. The Morgan fingerprint density at radius 2 is 1.79 bits per heavy atom. The molecule has 0 unspecified atom stereocenters. The first-order chi connectivity index (χ1) is 8.83. The van der Waals surface area contributed by atoms with Crippen LogP contribution < -0.4 is 5.73 Å². The van der Waals surface area contributed by atoms with E-state index in [0.717, 1.165) is 17.7 Å². The quantitative estimate of drug-likeness (QED) is 0.433. The molecule has 0 aliphatic rings. The average molecular weight is 267 g/mol. The van der Waals surface area contributed by atoms with Gasteiger partial charge in [-0.3, -0.25) is 0 Å². The van der Waals surface area contributed by atoms with Crippen LogP contribution in [0.1, 0.15) is 54.4 Å². The standard InChI is InChI=1S/C16H29NO2/c1-7-13(16(18)19-8-2)10-14(12(5)6)15(17)9-11(3)4/h10-12H,7-9,17H2,1-6H3/b13-10+,15-14-. The van der Waals surface area contributed by atoms with Crippen LogP contribution in [0.4, 0.5) is 0 Å². The summed E-state index contributed by atoms with van der Waals surface area (Å²) in [7, 11) is 0. The van der Waals surface area contributed by atoms with Crippen molar-refractivity contribution < 1.29 is 9.53 Å². The second kappa shape index (κ2) is 8.78. The number of nitrogens with two attached hydrogens (primary N) is 1. The summed E-state index contributed by atoms with van der Waals surface area (Å²) in [6, 6.07) is 0. The molecule has 3 nitrogen and oxygen atoms in total. The monoisotopic (exact) mass is 267 g/mol. The molecule has 0 aromatic carbocycles. The summed E-state index contributed by atoms with van der Waals surface area (Å²) in [5.41, 5.74) is 8.80. The summed E-state index contributed by atoms with van der Waals surface area (Å²) in [6.45, 7) is 12.6. The van der Waals surface area contributed by atoms with Crippen molar-refractivity contribution in [2.24, 2.45) is 17.6 Å². The summed E-state index contributed by atoms with van der Waals surface area (Å²) in [5, 5.41) is 0. The number of rotatable bonds is 7. The Hall–Kier alpha value is -1.25. The predicted molar refractivity (Wildman–Crippen MR) is 80.5 cm³/mol. The van der Waals surface area contributed by atoms with E-state index in [9.17, 15) is 4.79 Å². The second-order valence-electron chi connectivity index (χ2n) is 5.48. The van der Waals surface area contributed by atoms with Gasteiger partial charge in [-0.05, 0) is 43.3 Å². The van der Waals surface area contributed by atoms with Crippen LogP contribution in [-0.2, 0) is 9.53 Å². The Kier molecular flexibility index (Phi) is 8.21. The molecule has 0 radical (unpaired) electrons. The SMILES string of the molecule is CCOC(=O)/C(=C/C(=C(/N)CC(C)C)C(C)C)CC. The van der Waals surface area contributed by atoms with Gasteiger partial charge in [0.1, 0.15) is 0 Å². The van der Waals surface area contributed by atoms with E-state index in [1.807, 2.05) is 19.9 Å². The minimum atomic E-state index is -0.236. The highest BCUT2D eigenvalue weighted by molar-refractivity contribution is 5.89. The van der Waals surface area contributed by atoms with Crippen molar-refractivity contribution in [2.45, 2.75) is 54.4 Å². The van der Waals surface area contributed by atoms with Crippen LogP contribution in [0.2, 0.25) is 0 Å². The molecule has 0 aromatic heterocycles. The van der Waals surface area contributed by atoms with E-state index in [0.29, 0.717) is 30.4 Å². The van der Waals surface area contributed by atoms with E-state index >= 15 is 0 Å². The summed E-state index contributed by atoms with van der Waals surface area (Å²) >= 11 is 0. The molecule has 0 amide bonds. The second-order valence-corrected chi connectivity index (χ2v) is 5.48. The lowest BCUT2D eigenvalue weighted by Crippen LogP contribution is -2.12. The van der Waals surface area contributed by atoms with Gasteiger partial charge < -0.3 is 10.5 Å². The number of hydrogen-bond acceptors (Lipinski definition) is 3. The normalized spacial score (nSPS) is 13.8. The molecule has 2 N–H and O–H groups in total. The maximum atomic E-state index is 11.8. The van der Waals surface area contributed by atoms with Gasteiger partial charge in [0.05, 0.1) is 6.61 Å². The van der Waals surface area contributed by atoms with Crippen molar-refractivity contribution in [2.75, 3.05) is 6.61 Å². The fourth-order valence-electron chi connectivity index (χ4n) is 1.90. The number of allylic oxidation sites excluding steroid dienone is 3. The lowest BCUT2D eigenvalue weighted by Gasteiger charge is -2.15. The smallest absolute Gasteiger partial charge is 0.333 e. The van der Waals surface area contributed by atoms with Gasteiger partial charge in [-0.15, -0.1) is 0 Å². The lowest BCUT2D eigenvalue weighted by molar-refractivity contribution is -0.138. The third-order valence-electron chi connectivity index (χ3n) is 2.87. The molecule has 0 fully saturated rings. The number of carbonyl (C=O) groups is 1. The molecule has 0 aliphatic heterocycles. The van der Waals surface area contributed by atoms with E-state index in [1.165, 1.54) is 0 Å². The van der Waals surface area contributed by atoms with Crippen molar-refractivity contribution in [1.82, 2.24) is 0 Å². The molecule has 0 atom stereocenters. The largest absolute Gasteiger partial charge is 0.463 e. The fraction of sp³-hybridized carbons (Fsp3) is 0.688. The van der Waals surface area contributed by atoms with Crippen molar-refractivity contribution in [1.29, 1.82) is 0 Å². The molecular weight excluding hydrogens is 238 g/mol. The molecule has 3 heteroatoms. The van der Waals surface area contributed by atoms with Gasteiger partial charge in [-0.25, -0.2) is 4.79 Å². The van der Waals surface area contributed by atoms with Gasteiger partial charge in [0.25, 0.3) is 0 Å². The van der Waals surface area contributed by atoms with Crippen molar-refractivity contribution >= 4 is 5.97 Å². The first-order valence-electron chi connectivity index (χ1n) is 7.19. The molecule has 0 saturated heterocycles. The minimum Gasteiger partial charge on any atom is -0.463 e. The van der Waals surface area contributed by atoms with E-state index in [-0.39, 0.29) is 5.97 Å². The van der Waals surface area contributed by atoms with E-state index < -0.39 is 0 Å². The Balaban J connectivity index is 5.34. The van der Waals surface area contributed by atoms with Crippen LogP contribution in [0.5, 0.6) is 0 Å². The van der Waals surface area contributed by atoms with Gasteiger partial charge in [-0.2, -0.15) is 0 Å². The summed E-state index contributed by atoms with van der Waals surface area (Å²) in [6.07, 6.45) is 3.42. The van der Waals surface area contributed by atoms with Gasteiger partial charge in [0.2, 0.25) is 0 Å². The van der Waals surface area contributed by atoms with Gasteiger partial charge >= 0.3 is 5.97 Å². The van der Waals surface area contributed by atoms with Gasteiger partial charge in [0, 0.05) is 11.3 Å². The molecule has 0 rings (SSSR count). The van der Waals surface area contributed by atoms with E-state index in [1.54, 1.807) is 0 Å². The zero-order valence-electron chi connectivity index (χ0n) is 13.2. The summed E-state index contributed by atoms with van der Waals surface area (Å²) in [5.74, 6) is 0.574. The third-order valence-corrected chi connectivity index (χ3v) is 2.87. The Bertz CT molecular complexity index is 352. The van der Waals surface area contributed by atoms with Gasteiger partial charge in [-0.1, -0.05) is 34.6 Å². The summed E-state index contributed by atoms with van der Waals surface area (Å²) in [4.78, 5) is 11.8. The van der Waals surface area contributed by atoms with Crippen LogP contribution in [-0.4, -0.2) is 12.6 Å². The predicted octanol–water partition coefficient (Wildman–Crippen LogP) is 3.80. The number of ether oxygens (including phenoxy) is 1. The number of hydrogen-bond donors (Lipinski definition) is 1. The third kappa shape index (κ3) is 6.46. The molecule has 0 bridgehead atoms. The molecule has 19 heavy (non-hydrogen) atoms. The van der Waals surface area contributed by atoms with E-state index in [4.69, 9.17) is 10.5 Å². The van der Waals surface area contributed by atoms with Crippen LogP contribution in [0, 0.1) is 11.8 Å². The highest BCUT2D eigenvalue weighted by Gasteiger charge is 2.13. The van der Waals surface area contributed by atoms with Gasteiger partial charge in [0.15, 0.2) is 0 Å². The Morgan fingerprint density at radius 1 is 1.21 bits per heavy atom. The van der Waals surface area contributed by atoms with Crippen molar-refractivity contribution in [3.8, 4) is 0 Å². The topological polar surface area (TPSA) is 52.3 Å². The van der Waals surface area contributed by atoms with Crippen LogP contribution >= 0.6 is 0 Å². The highest BCUT2D eigenvalue weighted by atomic mass is 16.5. The highest BCUT2D eigenvalue weighted by Crippen LogP contribution is 2.21. The van der Waals surface area contributed by atoms with E-state index in [2.05, 4.69) is 27.7 Å². The molecule has 0 aliphatic carbocycles.